The number of alkyl carbamates (subject to hydrolysis) is 1. The second-order valence-electron chi connectivity index (χ2n) is 10.2. The number of carboxylic acid groups (broad SMARTS) is 1. The highest BCUT2D eigenvalue weighted by molar-refractivity contribution is 5.89. The molecule has 0 bridgehead atoms. The molecular formula is C28H32N2O5. The van der Waals surface area contributed by atoms with Crippen molar-refractivity contribution in [2.45, 2.75) is 57.0 Å². The van der Waals surface area contributed by atoms with Crippen LogP contribution in [0.3, 0.4) is 0 Å². The highest BCUT2D eigenvalue weighted by Crippen LogP contribution is 2.44. The number of amides is 2. The maximum atomic E-state index is 13.4. The third-order valence-electron chi connectivity index (χ3n) is 7.59. The zero-order chi connectivity index (χ0) is 24.5. The molecular weight excluding hydrogens is 444 g/mol. The van der Waals surface area contributed by atoms with Gasteiger partial charge in [-0.05, 0) is 53.4 Å². The molecule has 3 aliphatic rings. The first-order chi connectivity index (χ1) is 16.9. The van der Waals surface area contributed by atoms with Crippen molar-refractivity contribution in [1.29, 1.82) is 0 Å². The van der Waals surface area contributed by atoms with Gasteiger partial charge < -0.3 is 20.1 Å². The summed E-state index contributed by atoms with van der Waals surface area (Å²) in [6.45, 7) is 2.58. The average Bonchev–Trinajstić information content (AvgIpc) is 3.62. The minimum absolute atomic E-state index is 0.0648. The Bertz CT molecular complexity index is 1080. The lowest BCUT2D eigenvalue weighted by Crippen LogP contribution is -2.57. The van der Waals surface area contributed by atoms with Crippen molar-refractivity contribution in [2.24, 2.45) is 11.8 Å². The largest absolute Gasteiger partial charge is 0.480 e. The summed E-state index contributed by atoms with van der Waals surface area (Å²) < 4.78 is 5.67. The van der Waals surface area contributed by atoms with E-state index in [1.54, 1.807) is 0 Å². The number of carboxylic acids is 1. The number of nitrogens with one attached hydrogen (secondary N) is 1. The molecule has 7 nitrogen and oxygen atoms in total. The van der Waals surface area contributed by atoms with Gasteiger partial charge in [0.05, 0.1) is 0 Å². The normalized spacial score (nSPS) is 22.1. The number of rotatable bonds is 7. The quantitative estimate of drug-likeness (QED) is 0.617. The van der Waals surface area contributed by atoms with Gasteiger partial charge >= 0.3 is 12.1 Å². The molecule has 2 unspecified atom stereocenters. The van der Waals surface area contributed by atoms with Crippen molar-refractivity contribution in [2.75, 3.05) is 13.2 Å². The van der Waals surface area contributed by atoms with Crippen LogP contribution in [0.4, 0.5) is 4.79 Å². The number of hydrogen-bond acceptors (Lipinski definition) is 4. The second-order valence-corrected chi connectivity index (χ2v) is 10.2. The lowest BCUT2D eigenvalue weighted by molar-refractivity contribution is -0.154. The van der Waals surface area contributed by atoms with Gasteiger partial charge in [-0.3, -0.25) is 4.79 Å². The molecule has 3 atom stereocenters. The van der Waals surface area contributed by atoms with Crippen molar-refractivity contribution < 1.29 is 24.2 Å². The molecule has 0 aromatic heterocycles. The Morgan fingerprint density at radius 3 is 2.23 bits per heavy atom. The number of aliphatic carboxylic acids is 1. The number of benzene rings is 2. The van der Waals surface area contributed by atoms with Gasteiger partial charge in [-0.1, -0.05) is 68.3 Å². The van der Waals surface area contributed by atoms with Crippen molar-refractivity contribution in [1.82, 2.24) is 10.2 Å². The van der Waals surface area contributed by atoms with Gasteiger partial charge in [-0.25, -0.2) is 9.59 Å². The Labute approximate surface area is 205 Å². The molecule has 0 radical (unpaired) electrons. The Balaban J connectivity index is 1.27. The molecule has 1 saturated heterocycles. The van der Waals surface area contributed by atoms with Crippen molar-refractivity contribution in [3.63, 3.8) is 0 Å². The van der Waals surface area contributed by atoms with Gasteiger partial charge in [0.2, 0.25) is 5.91 Å². The van der Waals surface area contributed by atoms with Gasteiger partial charge in [-0.15, -0.1) is 0 Å². The molecule has 1 heterocycles. The molecule has 1 saturated carbocycles. The molecule has 2 amide bonds. The van der Waals surface area contributed by atoms with E-state index in [1.807, 2.05) is 31.2 Å². The summed E-state index contributed by atoms with van der Waals surface area (Å²) in [5, 5.41) is 12.4. The third-order valence-corrected chi connectivity index (χ3v) is 7.59. The monoisotopic (exact) mass is 476 g/mol. The minimum Gasteiger partial charge on any atom is -0.480 e. The molecule has 184 valence electrons. The van der Waals surface area contributed by atoms with Crippen LogP contribution in [0.5, 0.6) is 0 Å². The Kier molecular flexibility index (Phi) is 6.50. The first-order valence-corrected chi connectivity index (χ1v) is 12.6. The van der Waals surface area contributed by atoms with Crippen LogP contribution in [0.15, 0.2) is 48.5 Å². The number of carbonyl (C=O) groups is 3. The fourth-order valence-corrected chi connectivity index (χ4v) is 5.54. The number of piperidine rings is 1. The molecule has 2 aliphatic carbocycles. The van der Waals surface area contributed by atoms with Crippen molar-refractivity contribution in [3.8, 4) is 11.1 Å². The van der Waals surface area contributed by atoms with Gasteiger partial charge in [0.25, 0.3) is 0 Å². The number of hydrogen-bond donors (Lipinski definition) is 2. The summed E-state index contributed by atoms with van der Waals surface area (Å²) >= 11 is 0. The summed E-state index contributed by atoms with van der Waals surface area (Å²) in [4.78, 5) is 39.6. The molecule has 2 aromatic carbocycles. The topological polar surface area (TPSA) is 95.9 Å². The van der Waals surface area contributed by atoms with E-state index in [9.17, 15) is 19.5 Å². The summed E-state index contributed by atoms with van der Waals surface area (Å²) in [7, 11) is 0. The van der Waals surface area contributed by atoms with Crippen molar-refractivity contribution in [3.05, 3.63) is 59.7 Å². The summed E-state index contributed by atoms with van der Waals surface area (Å²) in [6.07, 6.45) is 3.13. The van der Waals surface area contributed by atoms with Crippen LogP contribution in [-0.2, 0) is 14.3 Å². The van der Waals surface area contributed by atoms with Crippen LogP contribution in [0.2, 0.25) is 0 Å². The summed E-state index contributed by atoms with van der Waals surface area (Å²) in [5.74, 6) is -0.764. The van der Waals surface area contributed by atoms with Gasteiger partial charge in [-0.2, -0.15) is 0 Å². The van der Waals surface area contributed by atoms with E-state index in [2.05, 4.69) is 29.6 Å². The van der Waals surface area contributed by atoms with E-state index >= 15 is 0 Å². The first-order valence-electron chi connectivity index (χ1n) is 12.6. The van der Waals surface area contributed by atoms with Gasteiger partial charge in [0.1, 0.15) is 18.7 Å². The molecule has 1 aliphatic heterocycles. The van der Waals surface area contributed by atoms with Crippen molar-refractivity contribution >= 4 is 18.0 Å². The molecule has 35 heavy (non-hydrogen) atoms. The van der Waals surface area contributed by atoms with E-state index < -0.39 is 24.1 Å². The SMILES string of the molecule is CC1CCC(C(=O)O)N(C(=O)[C@H](CC2CC2)NC(=O)OCC2c3ccccc3-c3ccccc32)C1. The molecule has 2 aromatic rings. The smallest absolute Gasteiger partial charge is 0.407 e. The van der Waals surface area contributed by atoms with E-state index in [1.165, 1.54) is 4.90 Å². The molecule has 2 fully saturated rings. The predicted octanol–water partition coefficient (Wildman–Crippen LogP) is 4.41. The Morgan fingerprint density at radius 2 is 1.63 bits per heavy atom. The molecule has 7 heteroatoms. The average molecular weight is 477 g/mol. The number of likely N-dealkylation sites (tertiary alicyclic amines) is 1. The van der Waals surface area contributed by atoms with Crippen LogP contribution in [0, 0.1) is 11.8 Å². The predicted molar refractivity (Wildman–Crippen MR) is 131 cm³/mol. The van der Waals surface area contributed by atoms with Crippen LogP contribution in [-0.4, -0.2) is 53.2 Å². The Morgan fingerprint density at radius 1 is 1.00 bits per heavy atom. The van der Waals surface area contributed by atoms with E-state index in [4.69, 9.17) is 4.74 Å². The Hall–Kier alpha value is -3.35. The van der Waals surface area contributed by atoms with Crippen LogP contribution < -0.4 is 5.32 Å². The number of fused-ring (bicyclic) bond motifs is 3. The lowest BCUT2D eigenvalue weighted by Gasteiger charge is -2.38. The number of nitrogens with zero attached hydrogens (tertiary/aromatic N) is 1. The minimum atomic E-state index is -0.989. The zero-order valence-electron chi connectivity index (χ0n) is 20.0. The van der Waals surface area contributed by atoms with E-state index in [0.717, 1.165) is 41.5 Å². The maximum Gasteiger partial charge on any atom is 0.407 e. The van der Waals surface area contributed by atoms with Gasteiger partial charge in [0.15, 0.2) is 0 Å². The van der Waals surface area contributed by atoms with Crippen LogP contribution >= 0.6 is 0 Å². The third kappa shape index (κ3) is 4.90. The molecule has 5 rings (SSSR count). The zero-order valence-corrected chi connectivity index (χ0v) is 20.0. The first kappa shape index (κ1) is 23.4. The number of ether oxygens (including phenoxy) is 1. The van der Waals surface area contributed by atoms with E-state index in [0.29, 0.717) is 25.3 Å². The highest BCUT2D eigenvalue weighted by atomic mass is 16.5. The fraction of sp³-hybridized carbons (Fsp3) is 0.464. The maximum absolute atomic E-state index is 13.4. The molecule has 0 spiro atoms. The summed E-state index contributed by atoms with van der Waals surface area (Å²) in [5.41, 5.74) is 4.55. The van der Waals surface area contributed by atoms with E-state index in [-0.39, 0.29) is 24.3 Å². The van der Waals surface area contributed by atoms with Crippen LogP contribution in [0.1, 0.15) is 56.1 Å². The van der Waals surface area contributed by atoms with Gasteiger partial charge in [0, 0.05) is 12.5 Å². The molecule has 2 N–H and O–H groups in total. The standard InChI is InChI=1S/C28H32N2O5/c1-17-10-13-25(27(32)33)30(15-17)26(31)24(14-18-11-12-18)29-28(34)35-16-23-21-8-4-2-6-19(21)20-7-3-5-9-22(20)23/h2-9,17-18,23-25H,10-16H2,1H3,(H,29,34)(H,32,33)/t17?,24-,25?/m0/s1. The lowest BCUT2D eigenvalue weighted by atomic mass is 9.93. The number of carbonyl (C=O) groups excluding carboxylic acids is 2. The van der Waals surface area contributed by atoms with Crippen LogP contribution in [0.25, 0.3) is 11.1 Å². The second kappa shape index (κ2) is 9.72. The summed E-state index contributed by atoms with van der Waals surface area (Å²) in [6, 6.07) is 14.6. The fourth-order valence-electron chi connectivity index (χ4n) is 5.54. The highest BCUT2D eigenvalue weighted by Gasteiger charge is 2.40.